The van der Waals surface area contributed by atoms with Crippen molar-refractivity contribution in [1.29, 1.82) is 0 Å². The Morgan fingerprint density at radius 2 is 1.89 bits per heavy atom. The molecule has 0 spiro atoms. The maximum absolute atomic E-state index is 4.65. The van der Waals surface area contributed by atoms with E-state index in [-0.39, 0.29) is 0 Å². The third kappa shape index (κ3) is 3.37. The first-order valence-electron chi connectivity index (χ1n) is 7.57. The number of aromatic nitrogens is 2. The minimum absolute atomic E-state index is 0.613. The molecule has 2 unspecified atom stereocenters. The zero-order valence-electron chi connectivity index (χ0n) is 12.6. The van der Waals surface area contributed by atoms with Crippen molar-refractivity contribution in [2.45, 2.75) is 59.4 Å². The number of aryl methyl sites for hydroxylation is 1. The Morgan fingerprint density at radius 1 is 1.16 bits per heavy atom. The van der Waals surface area contributed by atoms with Crippen LogP contribution in [0.15, 0.2) is 0 Å². The fourth-order valence-corrected chi connectivity index (χ4v) is 2.33. The van der Waals surface area contributed by atoms with Crippen molar-refractivity contribution in [3.05, 3.63) is 11.4 Å². The van der Waals surface area contributed by atoms with E-state index in [1.54, 1.807) is 0 Å². The van der Waals surface area contributed by atoms with Crippen LogP contribution in [0.25, 0.3) is 0 Å². The molecule has 2 atom stereocenters. The molecule has 106 valence electrons. The van der Waals surface area contributed by atoms with Crippen LogP contribution in [0, 0.1) is 12.8 Å². The quantitative estimate of drug-likeness (QED) is 0.791. The van der Waals surface area contributed by atoms with Gasteiger partial charge < -0.3 is 10.6 Å². The summed E-state index contributed by atoms with van der Waals surface area (Å²) < 4.78 is 0. The van der Waals surface area contributed by atoms with E-state index >= 15 is 0 Å². The Hall–Kier alpha value is -1.32. The van der Waals surface area contributed by atoms with Gasteiger partial charge >= 0.3 is 0 Å². The van der Waals surface area contributed by atoms with Gasteiger partial charge in [-0.05, 0) is 25.7 Å². The second kappa shape index (κ2) is 6.22. The molecular formula is C15H26N4. The van der Waals surface area contributed by atoms with Crippen LogP contribution in [-0.2, 0) is 6.42 Å². The molecule has 0 radical (unpaired) electrons. The second-order valence-corrected chi connectivity index (χ2v) is 5.40. The van der Waals surface area contributed by atoms with Crippen LogP contribution >= 0.6 is 0 Å². The second-order valence-electron chi connectivity index (χ2n) is 5.40. The van der Waals surface area contributed by atoms with Crippen LogP contribution < -0.4 is 10.6 Å². The number of rotatable bonds is 7. The zero-order chi connectivity index (χ0) is 13.8. The lowest BCUT2D eigenvalue weighted by Gasteiger charge is -2.14. The van der Waals surface area contributed by atoms with E-state index in [0.29, 0.717) is 6.04 Å². The van der Waals surface area contributed by atoms with Crippen molar-refractivity contribution in [3.63, 3.8) is 0 Å². The van der Waals surface area contributed by atoms with Gasteiger partial charge in [-0.2, -0.15) is 0 Å². The molecule has 1 saturated carbocycles. The summed E-state index contributed by atoms with van der Waals surface area (Å²) in [6, 6.07) is 0.613. The lowest BCUT2D eigenvalue weighted by atomic mass is 10.2. The molecule has 0 amide bonds. The highest BCUT2D eigenvalue weighted by molar-refractivity contribution is 5.58. The number of hydrogen-bond acceptors (Lipinski definition) is 4. The lowest BCUT2D eigenvalue weighted by molar-refractivity contribution is 0.771. The summed E-state index contributed by atoms with van der Waals surface area (Å²) in [6.45, 7) is 9.58. The summed E-state index contributed by atoms with van der Waals surface area (Å²) in [7, 11) is 0. The fraction of sp³-hybridized carbons (Fsp3) is 0.733. The molecular weight excluding hydrogens is 236 g/mol. The summed E-state index contributed by atoms with van der Waals surface area (Å²) in [5.74, 6) is 3.75. The van der Waals surface area contributed by atoms with Crippen molar-refractivity contribution in [2.24, 2.45) is 5.92 Å². The topological polar surface area (TPSA) is 49.8 Å². The summed E-state index contributed by atoms with van der Waals surface area (Å²) in [5.41, 5.74) is 1.15. The van der Waals surface area contributed by atoms with Gasteiger partial charge in [0.1, 0.15) is 17.5 Å². The lowest BCUT2D eigenvalue weighted by Crippen LogP contribution is -2.13. The summed E-state index contributed by atoms with van der Waals surface area (Å²) >= 11 is 0. The number of nitrogens with zero attached hydrogens (tertiary/aromatic N) is 2. The number of nitrogens with one attached hydrogen (secondary N) is 2. The van der Waals surface area contributed by atoms with E-state index in [9.17, 15) is 0 Å². The summed E-state index contributed by atoms with van der Waals surface area (Å²) in [4.78, 5) is 9.24. The van der Waals surface area contributed by atoms with Crippen LogP contribution in [0.1, 0.15) is 51.4 Å². The maximum atomic E-state index is 4.65. The number of anilines is 2. The monoisotopic (exact) mass is 262 g/mol. The maximum Gasteiger partial charge on any atom is 0.135 e. The predicted octanol–water partition coefficient (Wildman–Crippen LogP) is 3.38. The van der Waals surface area contributed by atoms with Gasteiger partial charge in [0, 0.05) is 24.6 Å². The van der Waals surface area contributed by atoms with E-state index in [4.69, 9.17) is 0 Å². The van der Waals surface area contributed by atoms with Crippen molar-refractivity contribution < 1.29 is 0 Å². The largest absolute Gasteiger partial charge is 0.370 e. The zero-order valence-corrected chi connectivity index (χ0v) is 12.6. The van der Waals surface area contributed by atoms with E-state index in [1.807, 2.05) is 0 Å². The molecule has 1 aliphatic rings. The summed E-state index contributed by atoms with van der Waals surface area (Å²) in [5, 5.41) is 6.99. The minimum atomic E-state index is 0.613. The predicted molar refractivity (Wildman–Crippen MR) is 80.7 cm³/mol. The van der Waals surface area contributed by atoms with E-state index in [1.165, 1.54) is 12.8 Å². The molecule has 0 saturated heterocycles. The molecule has 0 aromatic carbocycles. The van der Waals surface area contributed by atoms with E-state index < -0.39 is 0 Å². The van der Waals surface area contributed by atoms with Crippen LogP contribution in [-0.4, -0.2) is 22.6 Å². The average molecular weight is 262 g/mol. The SMILES string of the molecule is CCCNc1nc(CC)nc(NC2CC2CC)c1C. The first kappa shape index (κ1) is 14.1. The Balaban J connectivity index is 2.16. The Kier molecular flexibility index (Phi) is 4.61. The molecule has 0 bridgehead atoms. The van der Waals surface area contributed by atoms with Gasteiger partial charge in [-0.3, -0.25) is 0 Å². The van der Waals surface area contributed by atoms with Gasteiger partial charge in [0.15, 0.2) is 0 Å². The highest BCUT2D eigenvalue weighted by atomic mass is 15.1. The Bertz CT molecular complexity index is 430. The molecule has 1 aromatic heterocycles. The Labute approximate surface area is 116 Å². The van der Waals surface area contributed by atoms with Crippen molar-refractivity contribution in [3.8, 4) is 0 Å². The van der Waals surface area contributed by atoms with E-state index in [0.717, 1.165) is 48.3 Å². The normalized spacial score (nSPS) is 21.3. The molecule has 1 aromatic rings. The first-order chi connectivity index (χ1) is 9.19. The molecule has 2 rings (SSSR count). The van der Waals surface area contributed by atoms with Crippen LogP contribution in [0.4, 0.5) is 11.6 Å². The third-order valence-electron chi connectivity index (χ3n) is 3.82. The first-order valence-corrected chi connectivity index (χ1v) is 7.57. The van der Waals surface area contributed by atoms with Crippen LogP contribution in [0.3, 0.4) is 0 Å². The van der Waals surface area contributed by atoms with Crippen molar-refractivity contribution in [1.82, 2.24) is 9.97 Å². The number of hydrogen-bond donors (Lipinski definition) is 2. The minimum Gasteiger partial charge on any atom is -0.370 e. The molecule has 2 N–H and O–H groups in total. The summed E-state index contributed by atoms with van der Waals surface area (Å²) in [6.07, 6.45) is 4.51. The van der Waals surface area contributed by atoms with Crippen molar-refractivity contribution in [2.75, 3.05) is 17.2 Å². The molecule has 0 aliphatic heterocycles. The molecule has 4 nitrogen and oxygen atoms in total. The van der Waals surface area contributed by atoms with Gasteiger partial charge in [0.25, 0.3) is 0 Å². The fourth-order valence-electron chi connectivity index (χ4n) is 2.33. The third-order valence-corrected chi connectivity index (χ3v) is 3.82. The average Bonchev–Trinajstić information content (AvgIpc) is 3.18. The van der Waals surface area contributed by atoms with Crippen LogP contribution in [0.5, 0.6) is 0 Å². The molecule has 1 fully saturated rings. The van der Waals surface area contributed by atoms with Gasteiger partial charge in [0.2, 0.25) is 0 Å². The highest BCUT2D eigenvalue weighted by Gasteiger charge is 2.35. The van der Waals surface area contributed by atoms with Crippen LogP contribution in [0.2, 0.25) is 0 Å². The Morgan fingerprint density at radius 3 is 2.47 bits per heavy atom. The molecule has 1 aliphatic carbocycles. The molecule has 1 heterocycles. The van der Waals surface area contributed by atoms with Gasteiger partial charge in [-0.25, -0.2) is 9.97 Å². The van der Waals surface area contributed by atoms with Gasteiger partial charge in [-0.1, -0.05) is 27.2 Å². The van der Waals surface area contributed by atoms with Gasteiger partial charge in [-0.15, -0.1) is 0 Å². The molecule has 19 heavy (non-hydrogen) atoms. The van der Waals surface area contributed by atoms with E-state index in [2.05, 4.69) is 48.3 Å². The van der Waals surface area contributed by atoms with Crippen molar-refractivity contribution >= 4 is 11.6 Å². The van der Waals surface area contributed by atoms with Gasteiger partial charge in [0.05, 0.1) is 0 Å². The highest BCUT2D eigenvalue weighted by Crippen LogP contribution is 2.36. The smallest absolute Gasteiger partial charge is 0.135 e. The molecule has 4 heteroatoms. The standard InChI is InChI=1S/C15H26N4/c1-5-8-16-14-10(4)15(19-13(7-3)18-14)17-12-9-11(12)6-2/h11-12H,5-9H2,1-4H3,(H2,16,17,18,19).